The van der Waals surface area contributed by atoms with Crippen molar-refractivity contribution >= 4 is 34.2 Å². The molecule has 2 aliphatic rings. The number of rotatable bonds is 5. The Morgan fingerprint density at radius 2 is 1.76 bits per heavy atom. The van der Waals surface area contributed by atoms with Gasteiger partial charge in [0.2, 0.25) is 5.91 Å². The summed E-state index contributed by atoms with van der Waals surface area (Å²) in [6.07, 6.45) is 5.40. The van der Waals surface area contributed by atoms with Crippen LogP contribution < -0.4 is 10.2 Å². The van der Waals surface area contributed by atoms with Crippen molar-refractivity contribution in [3.05, 3.63) is 60.3 Å². The highest BCUT2D eigenvalue weighted by molar-refractivity contribution is 6.05. The first-order chi connectivity index (χ1) is 16.1. The molecule has 2 fully saturated rings. The molecule has 5 rings (SSSR count). The zero-order valence-corrected chi connectivity index (χ0v) is 19.1. The summed E-state index contributed by atoms with van der Waals surface area (Å²) >= 11 is 0. The molecule has 0 saturated carbocycles. The molecule has 170 valence electrons. The third kappa shape index (κ3) is 4.03. The minimum absolute atomic E-state index is 0.213. The average Bonchev–Trinajstić information content (AvgIpc) is 2.87. The summed E-state index contributed by atoms with van der Waals surface area (Å²) in [6, 6.07) is 15.7. The van der Waals surface area contributed by atoms with Crippen LogP contribution in [0.25, 0.3) is 11.0 Å². The van der Waals surface area contributed by atoms with Crippen LogP contribution in [-0.4, -0.2) is 59.7 Å². The molecule has 3 heterocycles. The van der Waals surface area contributed by atoms with Crippen molar-refractivity contribution in [3.63, 3.8) is 0 Å². The van der Waals surface area contributed by atoms with Crippen LogP contribution in [0, 0.1) is 10.8 Å². The van der Waals surface area contributed by atoms with Crippen molar-refractivity contribution in [2.75, 3.05) is 43.4 Å². The fourth-order valence-electron chi connectivity index (χ4n) is 5.27. The first-order valence-electron chi connectivity index (χ1n) is 11.7. The normalized spacial score (nSPS) is 18.0. The molecule has 0 radical (unpaired) electrons. The molecule has 3 aromatic rings. The predicted molar refractivity (Wildman–Crippen MR) is 132 cm³/mol. The maximum atomic E-state index is 13.6. The van der Waals surface area contributed by atoms with E-state index in [-0.39, 0.29) is 11.3 Å². The Hall–Kier alpha value is -3.48. The van der Waals surface area contributed by atoms with Gasteiger partial charge in [0.15, 0.2) is 0 Å². The Bertz CT molecular complexity index is 1180. The van der Waals surface area contributed by atoms with Gasteiger partial charge in [-0.1, -0.05) is 30.3 Å². The largest absolute Gasteiger partial charge is 0.388 e. The van der Waals surface area contributed by atoms with Crippen molar-refractivity contribution in [1.29, 1.82) is 5.41 Å². The number of piperidine rings is 2. The van der Waals surface area contributed by atoms with Crippen molar-refractivity contribution in [2.45, 2.75) is 25.7 Å². The van der Waals surface area contributed by atoms with E-state index in [0.29, 0.717) is 12.3 Å². The molecular weight excluding hydrogens is 412 g/mol. The van der Waals surface area contributed by atoms with Crippen molar-refractivity contribution in [3.8, 4) is 0 Å². The summed E-state index contributed by atoms with van der Waals surface area (Å²) in [5, 5.41) is 11.8. The number of benzene rings is 2. The van der Waals surface area contributed by atoms with Gasteiger partial charge < -0.3 is 20.5 Å². The van der Waals surface area contributed by atoms with E-state index < -0.39 is 0 Å². The van der Waals surface area contributed by atoms with Gasteiger partial charge in [-0.15, -0.1) is 0 Å². The Kier molecular flexibility index (Phi) is 5.70. The Balaban J connectivity index is 1.27. The van der Waals surface area contributed by atoms with E-state index in [4.69, 9.17) is 10.4 Å². The molecule has 0 unspecified atom stereocenters. The first kappa shape index (κ1) is 21.4. The summed E-state index contributed by atoms with van der Waals surface area (Å²) in [5.74, 6) is 1.10. The zero-order valence-electron chi connectivity index (χ0n) is 19.1. The van der Waals surface area contributed by atoms with E-state index in [1.54, 1.807) is 0 Å². The van der Waals surface area contributed by atoms with Crippen LogP contribution in [0.4, 0.5) is 11.5 Å². The third-order valence-corrected chi connectivity index (χ3v) is 7.18. The van der Waals surface area contributed by atoms with Crippen LogP contribution in [0.1, 0.15) is 31.2 Å². The highest BCUT2D eigenvalue weighted by atomic mass is 16.2. The lowest BCUT2D eigenvalue weighted by Gasteiger charge is -2.46. The molecular formula is C26H30N6O. The molecule has 1 aromatic heterocycles. The molecule has 1 amide bonds. The maximum Gasteiger partial charge on any atom is 0.229 e. The molecule has 2 saturated heterocycles. The summed E-state index contributed by atoms with van der Waals surface area (Å²) in [4.78, 5) is 27.1. The van der Waals surface area contributed by atoms with Crippen molar-refractivity contribution in [1.82, 2.24) is 14.9 Å². The van der Waals surface area contributed by atoms with Crippen LogP contribution in [-0.2, 0) is 4.79 Å². The number of amides is 1. The average molecular weight is 443 g/mol. The summed E-state index contributed by atoms with van der Waals surface area (Å²) in [7, 11) is 1.86. The predicted octanol–water partition coefficient (Wildman–Crippen LogP) is 3.95. The van der Waals surface area contributed by atoms with Crippen LogP contribution in [0.3, 0.4) is 0 Å². The maximum absolute atomic E-state index is 13.6. The van der Waals surface area contributed by atoms with E-state index in [0.717, 1.165) is 73.4 Å². The number of nitrogens with one attached hydrogen (secondary N) is 2. The molecule has 1 spiro atoms. The van der Waals surface area contributed by atoms with Crippen molar-refractivity contribution < 1.29 is 4.79 Å². The standard InChI is InChI=1S/C26H30N6O/c1-28-21-8-3-2-7-19(21)20(27)18-32-14-6-11-26(25(32)33)12-15-31(16-13-26)24-17-29-22-9-4-5-10-23(22)30-24/h2-5,7-10,17,27-28H,6,11-16,18H2,1H3. The lowest BCUT2D eigenvalue weighted by atomic mass is 9.71. The van der Waals surface area contributed by atoms with Crippen LogP contribution in [0.2, 0.25) is 0 Å². The minimum atomic E-state index is -0.318. The van der Waals surface area contributed by atoms with Crippen LogP contribution >= 0.6 is 0 Å². The minimum Gasteiger partial charge on any atom is -0.388 e. The third-order valence-electron chi connectivity index (χ3n) is 7.18. The monoisotopic (exact) mass is 442 g/mol. The van der Waals surface area contributed by atoms with Gasteiger partial charge in [0.1, 0.15) is 5.82 Å². The van der Waals surface area contributed by atoms with E-state index >= 15 is 0 Å². The SMILES string of the molecule is CNc1ccccc1C(=N)CN1CCCC2(CCN(c3cnc4ccccc4n3)CC2)C1=O. The van der Waals surface area contributed by atoms with Gasteiger partial charge in [0.05, 0.1) is 34.9 Å². The molecule has 2 aliphatic heterocycles. The van der Waals surface area contributed by atoms with Gasteiger partial charge in [-0.3, -0.25) is 9.78 Å². The highest BCUT2D eigenvalue weighted by Crippen LogP contribution is 2.41. The lowest BCUT2D eigenvalue weighted by molar-refractivity contribution is -0.147. The number of fused-ring (bicyclic) bond motifs is 1. The molecule has 7 nitrogen and oxygen atoms in total. The number of anilines is 2. The number of aromatic nitrogens is 2. The molecule has 7 heteroatoms. The number of hydrogen-bond acceptors (Lipinski definition) is 6. The summed E-state index contributed by atoms with van der Waals surface area (Å²) in [5.41, 5.74) is 3.74. The van der Waals surface area contributed by atoms with E-state index in [9.17, 15) is 4.79 Å². The topological polar surface area (TPSA) is 85.2 Å². The summed E-state index contributed by atoms with van der Waals surface area (Å²) in [6.45, 7) is 2.68. The van der Waals surface area contributed by atoms with E-state index in [1.807, 2.05) is 66.7 Å². The molecule has 2 aromatic carbocycles. The quantitative estimate of drug-likeness (QED) is 0.585. The van der Waals surface area contributed by atoms with Gasteiger partial charge in [0, 0.05) is 37.9 Å². The van der Waals surface area contributed by atoms with Gasteiger partial charge in [-0.25, -0.2) is 4.98 Å². The van der Waals surface area contributed by atoms with E-state index in [2.05, 4.69) is 15.2 Å². The molecule has 0 atom stereocenters. The number of para-hydroxylation sites is 3. The molecule has 33 heavy (non-hydrogen) atoms. The van der Waals surface area contributed by atoms with Gasteiger partial charge in [0.25, 0.3) is 0 Å². The number of carbonyl (C=O) groups is 1. The molecule has 0 bridgehead atoms. The second kappa shape index (κ2) is 8.81. The van der Waals surface area contributed by atoms with Gasteiger partial charge in [-0.05, 0) is 43.9 Å². The second-order valence-corrected chi connectivity index (χ2v) is 9.09. The Morgan fingerprint density at radius 1 is 1.03 bits per heavy atom. The number of likely N-dealkylation sites (tertiary alicyclic amines) is 1. The fourth-order valence-corrected chi connectivity index (χ4v) is 5.27. The summed E-state index contributed by atoms with van der Waals surface area (Å²) < 4.78 is 0. The zero-order chi connectivity index (χ0) is 22.8. The second-order valence-electron chi connectivity index (χ2n) is 9.09. The van der Waals surface area contributed by atoms with Gasteiger partial charge >= 0.3 is 0 Å². The smallest absolute Gasteiger partial charge is 0.229 e. The van der Waals surface area contributed by atoms with Crippen LogP contribution in [0.5, 0.6) is 0 Å². The Labute approximate surface area is 194 Å². The molecule has 2 N–H and O–H groups in total. The number of hydrogen-bond donors (Lipinski definition) is 2. The Morgan fingerprint density at radius 3 is 2.55 bits per heavy atom. The first-order valence-corrected chi connectivity index (χ1v) is 11.7. The van der Waals surface area contributed by atoms with Gasteiger partial charge in [-0.2, -0.15) is 0 Å². The van der Waals surface area contributed by atoms with Crippen LogP contribution in [0.15, 0.2) is 54.7 Å². The number of nitrogens with zero attached hydrogens (tertiary/aromatic N) is 4. The fraction of sp³-hybridized carbons (Fsp3) is 0.385. The lowest BCUT2D eigenvalue weighted by Crippen LogP contribution is -2.54. The molecule has 0 aliphatic carbocycles. The van der Waals surface area contributed by atoms with E-state index in [1.165, 1.54) is 0 Å². The number of carbonyl (C=O) groups excluding carboxylic acids is 1. The highest BCUT2D eigenvalue weighted by Gasteiger charge is 2.46. The van der Waals surface area contributed by atoms with Crippen molar-refractivity contribution in [2.24, 2.45) is 5.41 Å².